The number of nitrogens with zero attached hydrogens (tertiary/aromatic N) is 1. The van der Waals surface area contributed by atoms with Gasteiger partial charge in [0.1, 0.15) is 17.7 Å². The molecular weight excluding hydrogens is 418 g/mol. The van der Waals surface area contributed by atoms with Gasteiger partial charge < -0.3 is 5.32 Å². The Morgan fingerprint density at radius 2 is 1.55 bits per heavy atom. The zero-order valence-corrected chi connectivity index (χ0v) is 17.6. The Hall–Kier alpha value is -3.06. The molecule has 1 fully saturated rings. The Kier molecular flexibility index (Phi) is 6.42. The van der Waals surface area contributed by atoms with Gasteiger partial charge in [0.15, 0.2) is 0 Å². The maximum atomic E-state index is 13.6. The lowest BCUT2D eigenvalue weighted by atomic mass is 10.0. The maximum absolute atomic E-state index is 13.6. The molecule has 0 aliphatic heterocycles. The molecule has 1 unspecified atom stereocenters. The molecule has 0 radical (unpaired) electrons. The minimum atomic E-state index is -1.03. The van der Waals surface area contributed by atoms with E-state index in [4.69, 9.17) is 0 Å². The third kappa shape index (κ3) is 4.82. The second-order valence-corrected chi connectivity index (χ2v) is 8.52. The molecule has 0 bridgehead atoms. The summed E-state index contributed by atoms with van der Waals surface area (Å²) in [5.41, 5.74) is 0.863. The highest BCUT2D eigenvalue weighted by molar-refractivity contribution is 7.12. The molecule has 2 aromatic carbocycles. The number of anilines is 1. The predicted octanol–water partition coefficient (Wildman–Crippen LogP) is 5.47. The second kappa shape index (κ2) is 9.39. The van der Waals surface area contributed by atoms with Crippen molar-refractivity contribution in [2.75, 3.05) is 4.90 Å². The molecule has 0 saturated heterocycles. The minimum Gasteiger partial charge on any atom is -0.351 e. The summed E-state index contributed by atoms with van der Waals surface area (Å²) in [7, 11) is 0. The fourth-order valence-corrected chi connectivity index (χ4v) is 4.58. The lowest BCUT2D eigenvalue weighted by Crippen LogP contribution is -2.46. The second-order valence-electron chi connectivity index (χ2n) is 7.57. The summed E-state index contributed by atoms with van der Waals surface area (Å²) in [5.74, 6) is -1.59. The van der Waals surface area contributed by atoms with Crippen LogP contribution in [0.15, 0.2) is 66.0 Å². The van der Waals surface area contributed by atoms with E-state index >= 15 is 0 Å². The first-order chi connectivity index (χ1) is 15.0. The third-order valence-electron chi connectivity index (χ3n) is 5.45. The van der Waals surface area contributed by atoms with Crippen LogP contribution in [0, 0.1) is 11.6 Å². The van der Waals surface area contributed by atoms with Gasteiger partial charge >= 0.3 is 0 Å². The van der Waals surface area contributed by atoms with Gasteiger partial charge in [-0.05, 0) is 66.2 Å². The highest BCUT2D eigenvalue weighted by Gasteiger charge is 2.35. The Balaban J connectivity index is 1.79. The Morgan fingerprint density at radius 3 is 2.13 bits per heavy atom. The number of hydrogen-bond donors (Lipinski definition) is 1. The maximum Gasteiger partial charge on any atom is 0.269 e. The van der Waals surface area contributed by atoms with Crippen LogP contribution in [-0.2, 0) is 4.79 Å². The van der Waals surface area contributed by atoms with Crippen molar-refractivity contribution in [3.63, 3.8) is 0 Å². The molecule has 31 heavy (non-hydrogen) atoms. The molecule has 7 heteroatoms. The van der Waals surface area contributed by atoms with Crippen LogP contribution in [-0.4, -0.2) is 17.9 Å². The van der Waals surface area contributed by atoms with Crippen molar-refractivity contribution >= 4 is 28.8 Å². The van der Waals surface area contributed by atoms with Gasteiger partial charge in [0.25, 0.3) is 5.91 Å². The summed E-state index contributed by atoms with van der Waals surface area (Å²) in [5, 5.41) is 4.84. The Labute approximate surface area is 183 Å². The van der Waals surface area contributed by atoms with Crippen LogP contribution in [0.1, 0.15) is 47.0 Å². The van der Waals surface area contributed by atoms with Crippen molar-refractivity contribution in [2.24, 2.45) is 0 Å². The summed E-state index contributed by atoms with van der Waals surface area (Å²) in [6.07, 6.45) is 3.86. The molecule has 1 atom stereocenters. The van der Waals surface area contributed by atoms with E-state index < -0.39 is 17.7 Å². The lowest BCUT2D eigenvalue weighted by Gasteiger charge is -2.32. The molecule has 4 nitrogen and oxygen atoms in total. The highest BCUT2D eigenvalue weighted by Crippen LogP contribution is 2.32. The van der Waals surface area contributed by atoms with Crippen LogP contribution >= 0.6 is 11.3 Å². The zero-order chi connectivity index (χ0) is 21.8. The van der Waals surface area contributed by atoms with Gasteiger partial charge in [-0.15, -0.1) is 11.3 Å². The lowest BCUT2D eigenvalue weighted by molar-refractivity contribution is -0.123. The van der Waals surface area contributed by atoms with E-state index in [0.29, 0.717) is 16.1 Å². The van der Waals surface area contributed by atoms with Gasteiger partial charge in [0, 0.05) is 11.7 Å². The zero-order valence-electron chi connectivity index (χ0n) is 16.8. The molecule has 4 rings (SSSR count). The molecule has 1 aromatic heterocycles. The summed E-state index contributed by atoms with van der Waals surface area (Å²) in [6, 6.07) is 13.4. The number of hydrogen-bond acceptors (Lipinski definition) is 3. The van der Waals surface area contributed by atoms with Crippen LogP contribution in [0.3, 0.4) is 0 Å². The van der Waals surface area contributed by atoms with E-state index in [1.807, 2.05) is 0 Å². The van der Waals surface area contributed by atoms with Crippen LogP contribution in [0.2, 0.25) is 0 Å². The Morgan fingerprint density at radius 1 is 0.935 bits per heavy atom. The van der Waals surface area contributed by atoms with Crippen molar-refractivity contribution in [1.29, 1.82) is 0 Å². The summed E-state index contributed by atoms with van der Waals surface area (Å²) >= 11 is 1.26. The topological polar surface area (TPSA) is 49.4 Å². The number of benzene rings is 2. The smallest absolute Gasteiger partial charge is 0.269 e. The largest absolute Gasteiger partial charge is 0.351 e. The molecule has 2 amide bonds. The Bertz CT molecular complexity index is 1030. The average Bonchev–Trinajstić information content (AvgIpc) is 3.47. The molecule has 1 N–H and O–H groups in total. The van der Waals surface area contributed by atoms with Gasteiger partial charge in [-0.2, -0.15) is 0 Å². The van der Waals surface area contributed by atoms with E-state index in [0.717, 1.165) is 25.7 Å². The van der Waals surface area contributed by atoms with Crippen molar-refractivity contribution in [2.45, 2.75) is 37.8 Å². The summed E-state index contributed by atoms with van der Waals surface area (Å²) in [6.45, 7) is 0. The first kappa shape index (κ1) is 21.2. The number of carbonyl (C=O) groups excluding carboxylic acids is 2. The monoisotopic (exact) mass is 440 g/mol. The SMILES string of the molecule is O=C(NC1CCCC1)C(c1ccc(F)cc1)N(C(=O)c1cccs1)c1ccc(F)cc1. The van der Waals surface area contributed by atoms with E-state index in [1.54, 1.807) is 17.5 Å². The number of amides is 2. The fraction of sp³-hybridized carbons (Fsp3) is 0.250. The van der Waals surface area contributed by atoms with E-state index in [2.05, 4.69) is 5.32 Å². The molecule has 1 saturated carbocycles. The number of thiophene rings is 1. The summed E-state index contributed by atoms with van der Waals surface area (Å²) < 4.78 is 27.2. The van der Waals surface area contributed by atoms with Gasteiger partial charge in [0.2, 0.25) is 5.91 Å². The summed E-state index contributed by atoms with van der Waals surface area (Å²) in [4.78, 5) is 28.8. The van der Waals surface area contributed by atoms with Crippen LogP contribution < -0.4 is 10.2 Å². The first-order valence-electron chi connectivity index (χ1n) is 10.2. The molecule has 0 spiro atoms. The molecule has 1 aliphatic rings. The predicted molar refractivity (Wildman–Crippen MR) is 117 cm³/mol. The normalized spacial score (nSPS) is 14.9. The van der Waals surface area contributed by atoms with Crippen molar-refractivity contribution in [1.82, 2.24) is 5.32 Å². The van der Waals surface area contributed by atoms with Crippen LogP contribution in [0.25, 0.3) is 0 Å². The van der Waals surface area contributed by atoms with E-state index in [-0.39, 0.29) is 17.9 Å². The number of rotatable bonds is 6. The quantitative estimate of drug-likeness (QED) is 0.552. The van der Waals surface area contributed by atoms with Gasteiger partial charge in [-0.1, -0.05) is 31.0 Å². The van der Waals surface area contributed by atoms with Crippen molar-refractivity contribution in [3.05, 3.63) is 88.1 Å². The molecular formula is C24H22F2N2O2S. The third-order valence-corrected chi connectivity index (χ3v) is 6.31. The fourth-order valence-electron chi connectivity index (χ4n) is 3.92. The van der Waals surface area contributed by atoms with Crippen LogP contribution in [0.4, 0.5) is 14.5 Å². The standard InChI is InChI=1S/C24H22F2N2O2S/c25-17-9-7-16(8-10-17)22(23(29)27-19-4-1-2-5-19)28(20-13-11-18(26)12-14-20)24(30)21-6-3-15-31-21/h3,6-15,19,22H,1-2,4-5H2,(H,27,29). The number of carbonyl (C=O) groups is 2. The van der Waals surface area contributed by atoms with E-state index in [1.165, 1.54) is 64.8 Å². The average molecular weight is 441 g/mol. The molecule has 3 aromatic rings. The van der Waals surface area contributed by atoms with Crippen LogP contribution in [0.5, 0.6) is 0 Å². The molecule has 1 heterocycles. The number of halogens is 2. The molecule has 160 valence electrons. The van der Waals surface area contributed by atoms with Gasteiger partial charge in [-0.3, -0.25) is 14.5 Å². The highest BCUT2D eigenvalue weighted by atomic mass is 32.1. The number of nitrogens with one attached hydrogen (secondary N) is 1. The van der Waals surface area contributed by atoms with Gasteiger partial charge in [0.05, 0.1) is 4.88 Å². The molecule has 1 aliphatic carbocycles. The van der Waals surface area contributed by atoms with Gasteiger partial charge in [-0.25, -0.2) is 8.78 Å². The first-order valence-corrected chi connectivity index (χ1v) is 11.1. The minimum absolute atomic E-state index is 0.0438. The van der Waals surface area contributed by atoms with Crippen molar-refractivity contribution < 1.29 is 18.4 Å². The van der Waals surface area contributed by atoms with Crippen molar-refractivity contribution in [3.8, 4) is 0 Å². The van der Waals surface area contributed by atoms with E-state index in [9.17, 15) is 18.4 Å².